The van der Waals surface area contributed by atoms with Gasteiger partial charge in [-0.2, -0.15) is 13.2 Å². The molecule has 1 unspecified atom stereocenters. The molecule has 2 atom stereocenters. The van der Waals surface area contributed by atoms with E-state index in [1.165, 1.54) is 6.07 Å². The monoisotopic (exact) mass is 378 g/mol. The van der Waals surface area contributed by atoms with Crippen LogP contribution in [0.3, 0.4) is 0 Å². The summed E-state index contributed by atoms with van der Waals surface area (Å²) in [6, 6.07) is 4.30. The zero-order chi connectivity index (χ0) is 16.3. The minimum atomic E-state index is -4.32. The molecule has 1 aliphatic heterocycles. The van der Waals surface area contributed by atoms with Crippen molar-refractivity contribution in [3.63, 3.8) is 0 Å². The highest BCUT2D eigenvalue weighted by Gasteiger charge is 2.33. The van der Waals surface area contributed by atoms with E-state index in [9.17, 15) is 13.2 Å². The van der Waals surface area contributed by atoms with Crippen LogP contribution in [-0.4, -0.2) is 31.1 Å². The summed E-state index contributed by atoms with van der Waals surface area (Å²) in [6.45, 7) is 7.69. The molecule has 1 N–H and O–H groups in total. The van der Waals surface area contributed by atoms with Gasteiger partial charge in [0.2, 0.25) is 0 Å². The first-order chi connectivity index (χ1) is 10.3. The van der Waals surface area contributed by atoms with Gasteiger partial charge >= 0.3 is 6.18 Å². The summed E-state index contributed by atoms with van der Waals surface area (Å²) >= 11 is 3.24. The lowest BCUT2D eigenvalue weighted by Gasteiger charge is -2.38. The Labute approximate surface area is 138 Å². The highest BCUT2D eigenvalue weighted by atomic mass is 79.9. The second kappa shape index (κ2) is 7.32. The fraction of sp³-hybridized carbons (Fsp3) is 0.625. The van der Waals surface area contributed by atoms with Crippen molar-refractivity contribution in [1.82, 2.24) is 10.2 Å². The van der Waals surface area contributed by atoms with E-state index in [2.05, 4.69) is 40.0 Å². The summed E-state index contributed by atoms with van der Waals surface area (Å²) in [5, 5.41) is 3.29. The number of halogens is 4. The van der Waals surface area contributed by atoms with Gasteiger partial charge in [0, 0.05) is 36.7 Å². The lowest BCUT2D eigenvalue weighted by atomic mass is 9.89. The Kier molecular flexibility index (Phi) is 5.91. The first-order valence-electron chi connectivity index (χ1n) is 7.65. The second-order valence-corrected chi connectivity index (χ2v) is 6.80. The van der Waals surface area contributed by atoms with Crippen LogP contribution in [0, 0.1) is 5.92 Å². The van der Waals surface area contributed by atoms with Gasteiger partial charge in [-0.05, 0) is 29.7 Å². The van der Waals surface area contributed by atoms with Crippen molar-refractivity contribution in [3.05, 3.63) is 33.8 Å². The summed E-state index contributed by atoms with van der Waals surface area (Å²) in [7, 11) is 0. The van der Waals surface area contributed by atoms with Crippen molar-refractivity contribution >= 4 is 15.9 Å². The molecule has 0 spiro atoms. The van der Waals surface area contributed by atoms with Crippen molar-refractivity contribution in [3.8, 4) is 0 Å². The molecule has 1 aromatic rings. The smallest absolute Gasteiger partial charge is 0.314 e. The number of rotatable bonds is 4. The Morgan fingerprint density at radius 1 is 1.23 bits per heavy atom. The van der Waals surface area contributed by atoms with Crippen molar-refractivity contribution in [1.29, 1.82) is 0 Å². The van der Waals surface area contributed by atoms with Gasteiger partial charge in [-0.3, -0.25) is 4.90 Å². The first kappa shape index (κ1) is 17.8. The number of hydrogen-bond acceptors (Lipinski definition) is 2. The van der Waals surface area contributed by atoms with E-state index in [4.69, 9.17) is 0 Å². The largest absolute Gasteiger partial charge is 0.416 e. The van der Waals surface area contributed by atoms with Crippen molar-refractivity contribution < 1.29 is 13.2 Å². The van der Waals surface area contributed by atoms with E-state index in [0.717, 1.165) is 44.2 Å². The van der Waals surface area contributed by atoms with Gasteiger partial charge in [-0.15, -0.1) is 0 Å². The molecule has 124 valence electrons. The van der Waals surface area contributed by atoms with E-state index < -0.39 is 11.7 Å². The van der Waals surface area contributed by atoms with Gasteiger partial charge in [0.15, 0.2) is 0 Å². The Hall–Kier alpha value is -0.590. The molecule has 0 bridgehead atoms. The van der Waals surface area contributed by atoms with E-state index in [-0.39, 0.29) is 6.04 Å². The Bertz CT molecular complexity index is 499. The summed E-state index contributed by atoms with van der Waals surface area (Å²) in [5.41, 5.74) is 0.165. The van der Waals surface area contributed by atoms with Crippen LogP contribution in [0.25, 0.3) is 0 Å². The van der Waals surface area contributed by atoms with Gasteiger partial charge in [0.05, 0.1) is 5.56 Å². The molecule has 22 heavy (non-hydrogen) atoms. The van der Waals surface area contributed by atoms with Crippen molar-refractivity contribution in [2.75, 3.05) is 26.2 Å². The lowest BCUT2D eigenvalue weighted by Crippen LogP contribution is -2.46. The molecule has 0 saturated carbocycles. The molecule has 2 rings (SSSR count). The average Bonchev–Trinajstić information content (AvgIpc) is 2.47. The molecule has 1 saturated heterocycles. The molecule has 1 fully saturated rings. The van der Waals surface area contributed by atoms with Gasteiger partial charge in [-0.1, -0.05) is 36.2 Å². The maximum atomic E-state index is 13.1. The highest BCUT2D eigenvalue weighted by Crippen LogP contribution is 2.37. The number of benzene rings is 1. The molecule has 6 heteroatoms. The van der Waals surface area contributed by atoms with Crippen LogP contribution in [0.5, 0.6) is 0 Å². The van der Waals surface area contributed by atoms with Gasteiger partial charge in [-0.25, -0.2) is 0 Å². The molecule has 1 aliphatic rings. The second-order valence-electron chi connectivity index (χ2n) is 5.89. The van der Waals surface area contributed by atoms with Gasteiger partial charge in [0.1, 0.15) is 0 Å². The molecule has 0 amide bonds. The summed E-state index contributed by atoms with van der Waals surface area (Å²) in [5.74, 6) is 0.300. The molecule has 0 aliphatic carbocycles. The number of alkyl halides is 3. The normalized spacial score (nSPS) is 19.9. The first-order valence-corrected chi connectivity index (χ1v) is 8.44. The number of hydrogen-bond donors (Lipinski definition) is 1. The Balaban J connectivity index is 2.40. The SMILES string of the molecule is CCC(C)[C@H](c1cc(Br)cc(C(F)(F)F)c1)N1CCNCC1. The third kappa shape index (κ3) is 4.24. The molecule has 0 radical (unpaired) electrons. The topological polar surface area (TPSA) is 15.3 Å². The average molecular weight is 379 g/mol. The van der Waals surface area contributed by atoms with Crippen LogP contribution < -0.4 is 5.32 Å². The van der Waals surface area contributed by atoms with Crippen LogP contribution >= 0.6 is 15.9 Å². The molecule has 0 aromatic heterocycles. The van der Waals surface area contributed by atoms with E-state index >= 15 is 0 Å². The van der Waals surface area contributed by atoms with Crippen LogP contribution in [-0.2, 0) is 6.18 Å². The summed E-state index contributed by atoms with van der Waals surface area (Å²) < 4.78 is 39.8. The van der Waals surface area contributed by atoms with Crippen LogP contribution in [0.1, 0.15) is 37.4 Å². The number of nitrogens with one attached hydrogen (secondary N) is 1. The summed E-state index contributed by atoms with van der Waals surface area (Å²) in [6.07, 6.45) is -3.38. The lowest BCUT2D eigenvalue weighted by molar-refractivity contribution is -0.137. The minimum absolute atomic E-state index is 0.0192. The minimum Gasteiger partial charge on any atom is -0.314 e. The highest BCUT2D eigenvalue weighted by molar-refractivity contribution is 9.10. The number of piperazine rings is 1. The summed E-state index contributed by atoms with van der Waals surface area (Å²) in [4.78, 5) is 2.30. The zero-order valence-corrected chi connectivity index (χ0v) is 14.5. The standard InChI is InChI=1S/C16H22BrF3N2/c1-3-11(2)15(22-6-4-21-5-7-22)12-8-13(16(18,19)20)10-14(17)9-12/h8-11,15,21H,3-7H2,1-2H3/t11?,15-/m1/s1. The molecule has 1 aromatic carbocycles. The predicted octanol–water partition coefficient (Wildman–Crippen LogP) is 4.46. The van der Waals surface area contributed by atoms with Crippen molar-refractivity contribution in [2.24, 2.45) is 5.92 Å². The quantitative estimate of drug-likeness (QED) is 0.831. The van der Waals surface area contributed by atoms with Crippen LogP contribution in [0.2, 0.25) is 0 Å². The molecule has 1 heterocycles. The van der Waals surface area contributed by atoms with Crippen LogP contribution in [0.15, 0.2) is 22.7 Å². The molecular formula is C16H22BrF3N2. The fourth-order valence-corrected chi connectivity index (χ4v) is 3.54. The van der Waals surface area contributed by atoms with Gasteiger partial charge < -0.3 is 5.32 Å². The fourth-order valence-electron chi connectivity index (χ4n) is 3.03. The van der Waals surface area contributed by atoms with E-state index in [1.807, 2.05) is 6.07 Å². The molecule has 2 nitrogen and oxygen atoms in total. The maximum absolute atomic E-state index is 13.1. The zero-order valence-electron chi connectivity index (χ0n) is 12.9. The third-order valence-corrected chi connectivity index (χ3v) is 4.77. The van der Waals surface area contributed by atoms with E-state index in [0.29, 0.717) is 10.4 Å². The molecular weight excluding hydrogens is 357 g/mol. The van der Waals surface area contributed by atoms with Crippen molar-refractivity contribution in [2.45, 2.75) is 32.5 Å². The van der Waals surface area contributed by atoms with E-state index in [1.54, 1.807) is 0 Å². The Morgan fingerprint density at radius 3 is 2.41 bits per heavy atom. The predicted molar refractivity (Wildman–Crippen MR) is 85.8 cm³/mol. The van der Waals surface area contributed by atoms with Gasteiger partial charge in [0.25, 0.3) is 0 Å². The third-order valence-electron chi connectivity index (χ3n) is 4.32. The maximum Gasteiger partial charge on any atom is 0.416 e. The Morgan fingerprint density at radius 2 is 1.86 bits per heavy atom. The van der Waals surface area contributed by atoms with Crippen LogP contribution in [0.4, 0.5) is 13.2 Å². The number of nitrogens with zero attached hydrogens (tertiary/aromatic N) is 1.